The highest BCUT2D eigenvalue weighted by Crippen LogP contribution is 2.34. The molecule has 4 N–H and O–H groups in total. The van der Waals surface area contributed by atoms with E-state index in [-0.39, 0.29) is 12.0 Å². The van der Waals surface area contributed by atoms with Gasteiger partial charge in [0.05, 0.1) is 12.1 Å². The van der Waals surface area contributed by atoms with Gasteiger partial charge in [-0.05, 0) is 18.9 Å². The molecular weight excluding hydrogens is 322 g/mol. The van der Waals surface area contributed by atoms with Crippen molar-refractivity contribution in [3.8, 4) is 0 Å². The second-order valence-electron chi connectivity index (χ2n) is 6.60. The minimum atomic E-state index is -1.05. The van der Waals surface area contributed by atoms with Crippen LogP contribution in [0.25, 0.3) is 0 Å². The first-order valence-corrected chi connectivity index (χ1v) is 8.43. The minimum absolute atomic E-state index is 0.111. The molecule has 25 heavy (non-hydrogen) atoms. The topological polar surface area (TPSA) is 107 Å². The molecule has 7 heteroatoms. The van der Waals surface area contributed by atoms with Gasteiger partial charge in [0.15, 0.2) is 0 Å². The number of aliphatic hydroxyl groups is 2. The Morgan fingerprint density at radius 3 is 2.60 bits per heavy atom. The van der Waals surface area contributed by atoms with Crippen LogP contribution in [0.15, 0.2) is 52.2 Å². The second-order valence-corrected chi connectivity index (χ2v) is 6.60. The predicted octanol–water partition coefficient (Wildman–Crippen LogP) is 0.170. The highest BCUT2D eigenvalue weighted by molar-refractivity contribution is 5.18. The quantitative estimate of drug-likeness (QED) is 0.618. The van der Waals surface area contributed by atoms with Crippen LogP contribution in [0.4, 0.5) is 0 Å². The van der Waals surface area contributed by atoms with Gasteiger partial charge in [0, 0.05) is 30.8 Å². The van der Waals surface area contributed by atoms with Gasteiger partial charge in [-0.3, -0.25) is 14.3 Å². The fraction of sp³-hybridized carbons (Fsp3) is 0.444. The normalized spacial score (nSPS) is 27.3. The van der Waals surface area contributed by atoms with Crippen molar-refractivity contribution in [2.45, 2.75) is 37.6 Å². The van der Waals surface area contributed by atoms with E-state index in [0.29, 0.717) is 13.0 Å². The molecule has 1 fully saturated rings. The molecule has 2 aromatic rings. The third kappa shape index (κ3) is 3.73. The average molecular weight is 345 g/mol. The maximum absolute atomic E-state index is 11.9. The number of rotatable bonds is 5. The monoisotopic (exact) mass is 345 g/mol. The molecule has 1 aliphatic rings. The molecule has 0 radical (unpaired) electrons. The van der Waals surface area contributed by atoms with Crippen molar-refractivity contribution in [1.29, 1.82) is 0 Å². The van der Waals surface area contributed by atoms with Crippen LogP contribution < -0.4 is 16.6 Å². The van der Waals surface area contributed by atoms with Crippen LogP contribution in [0.1, 0.15) is 31.0 Å². The number of nitrogens with zero attached hydrogens (tertiary/aromatic N) is 1. The lowest BCUT2D eigenvalue weighted by Gasteiger charge is -2.20. The maximum atomic E-state index is 11.9. The zero-order chi connectivity index (χ0) is 18.0. The molecule has 1 heterocycles. The molecule has 1 saturated carbocycles. The first-order chi connectivity index (χ1) is 12.0. The lowest BCUT2D eigenvalue weighted by Crippen LogP contribution is -2.37. The number of hydrogen-bond donors (Lipinski definition) is 4. The number of benzene rings is 1. The van der Waals surface area contributed by atoms with E-state index < -0.39 is 29.5 Å². The summed E-state index contributed by atoms with van der Waals surface area (Å²) in [6.45, 7) is 2.56. The first-order valence-electron chi connectivity index (χ1n) is 8.43. The Kier molecular flexibility index (Phi) is 5.17. The molecule has 1 aromatic carbocycles. The molecule has 0 aliphatic heterocycles. The van der Waals surface area contributed by atoms with Gasteiger partial charge in [-0.15, -0.1) is 0 Å². The summed E-state index contributed by atoms with van der Waals surface area (Å²) in [6.07, 6.45) is -0.172. The molecule has 0 spiro atoms. The molecule has 1 aromatic heterocycles. The largest absolute Gasteiger partial charge is 0.390 e. The van der Waals surface area contributed by atoms with Crippen LogP contribution in [-0.4, -0.2) is 38.5 Å². The lowest BCUT2D eigenvalue weighted by atomic mass is 10.0. The Morgan fingerprint density at radius 1 is 1.20 bits per heavy atom. The van der Waals surface area contributed by atoms with Crippen molar-refractivity contribution in [2.75, 3.05) is 6.54 Å². The molecule has 0 unspecified atom stereocenters. The summed E-state index contributed by atoms with van der Waals surface area (Å²) in [5, 5.41) is 24.0. The van der Waals surface area contributed by atoms with E-state index in [1.807, 2.05) is 37.3 Å². The van der Waals surface area contributed by atoms with Gasteiger partial charge in [-0.1, -0.05) is 30.3 Å². The standard InChI is InChI=1S/C18H23N3O4/c1-11(12-5-3-2-4-6-12)19-10-13-9-14(17(24)16(13)23)21-8-7-15(22)20-18(21)25/h2-8,11,13-14,16-17,19,23-24H,9-10H2,1H3,(H,20,22,25)/t11-,13+,14+,16+,17-/m1/s1. The second kappa shape index (κ2) is 7.35. The fourth-order valence-electron chi connectivity index (χ4n) is 3.45. The summed E-state index contributed by atoms with van der Waals surface area (Å²) in [5.41, 5.74) is 0.0862. The molecule has 0 bridgehead atoms. The van der Waals surface area contributed by atoms with Crippen molar-refractivity contribution in [3.05, 3.63) is 69.0 Å². The zero-order valence-corrected chi connectivity index (χ0v) is 14.0. The van der Waals surface area contributed by atoms with Gasteiger partial charge in [-0.2, -0.15) is 0 Å². The van der Waals surface area contributed by atoms with Crippen molar-refractivity contribution in [3.63, 3.8) is 0 Å². The summed E-state index contributed by atoms with van der Waals surface area (Å²) in [6, 6.07) is 10.8. The van der Waals surface area contributed by atoms with Crippen LogP contribution in [0.5, 0.6) is 0 Å². The number of aromatic nitrogens is 2. The number of nitrogens with one attached hydrogen (secondary N) is 2. The van der Waals surface area contributed by atoms with Crippen molar-refractivity contribution >= 4 is 0 Å². The van der Waals surface area contributed by atoms with Crippen LogP contribution in [-0.2, 0) is 0 Å². The predicted molar refractivity (Wildman–Crippen MR) is 93.3 cm³/mol. The average Bonchev–Trinajstić information content (AvgIpc) is 2.89. The van der Waals surface area contributed by atoms with E-state index in [9.17, 15) is 19.8 Å². The first kappa shape index (κ1) is 17.6. The van der Waals surface area contributed by atoms with Crippen LogP contribution in [0.3, 0.4) is 0 Å². The number of aliphatic hydroxyl groups excluding tert-OH is 2. The lowest BCUT2D eigenvalue weighted by molar-refractivity contribution is 0.00540. The number of aromatic amines is 1. The third-order valence-corrected chi connectivity index (χ3v) is 4.97. The molecule has 7 nitrogen and oxygen atoms in total. The summed E-state index contributed by atoms with van der Waals surface area (Å²) < 4.78 is 1.29. The fourth-order valence-corrected chi connectivity index (χ4v) is 3.45. The van der Waals surface area contributed by atoms with Crippen molar-refractivity contribution < 1.29 is 10.2 Å². The molecular formula is C18H23N3O4. The van der Waals surface area contributed by atoms with Crippen LogP contribution >= 0.6 is 0 Å². The highest BCUT2D eigenvalue weighted by Gasteiger charge is 2.42. The summed E-state index contributed by atoms with van der Waals surface area (Å²) in [4.78, 5) is 25.3. The van der Waals surface area contributed by atoms with E-state index in [2.05, 4.69) is 10.3 Å². The van der Waals surface area contributed by atoms with Crippen LogP contribution in [0, 0.1) is 5.92 Å². The van der Waals surface area contributed by atoms with E-state index >= 15 is 0 Å². The molecule has 0 saturated heterocycles. The summed E-state index contributed by atoms with van der Waals surface area (Å²) in [5.74, 6) is -0.190. The molecule has 1 aliphatic carbocycles. The van der Waals surface area contributed by atoms with E-state index in [1.54, 1.807) is 0 Å². The highest BCUT2D eigenvalue weighted by atomic mass is 16.3. The maximum Gasteiger partial charge on any atom is 0.328 e. The van der Waals surface area contributed by atoms with Crippen molar-refractivity contribution in [1.82, 2.24) is 14.9 Å². The van der Waals surface area contributed by atoms with E-state index in [4.69, 9.17) is 0 Å². The Labute approximate surface area is 145 Å². The Bertz CT molecular complexity index is 817. The SMILES string of the molecule is C[C@@H](NC[C@@H]1C[C@H](n2ccc(=O)[nH]c2=O)[C@@H](O)[C@H]1O)c1ccccc1. The van der Waals surface area contributed by atoms with Gasteiger partial charge in [0.2, 0.25) is 0 Å². The van der Waals surface area contributed by atoms with Gasteiger partial charge in [-0.25, -0.2) is 4.79 Å². The minimum Gasteiger partial charge on any atom is -0.390 e. The zero-order valence-electron chi connectivity index (χ0n) is 14.0. The van der Waals surface area contributed by atoms with E-state index in [0.717, 1.165) is 5.56 Å². The van der Waals surface area contributed by atoms with Gasteiger partial charge >= 0.3 is 5.69 Å². The number of hydrogen-bond acceptors (Lipinski definition) is 5. The third-order valence-electron chi connectivity index (χ3n) is 4.97. The van der Waals surface area contributed by atoms with Crippen LogP contribution in [0.2, 0.25) is 0 Å². The summed E-state index contributed by atoms with van der Waals surface area (Å²) >= 11 is 0. The smallest absolute Gasteiger partial charge is 0.328 e. The molecule has 5 atom stereocenters. The molecule has 134 valence electrons. The van der Waals surface area contributed by atoms with Gasteiger partial charge < -0.3 is 15.5 Å². The molecule has 3 rings (SSSR count). The Balaban J connectivity index is 1.68. The van der Waals surface area contributed by atoms with Gasteiger partial charge in [0.1, 0.15) is 6.10 Å². The van der Waals surface area contributed by atoms with Gasteiger partial charge in [0.25, 0.3) is 5.56 Å². The molecule has 0 amide bonds. The Hall–Kier alpha value is -2.22. The Morgan fingerprint density at radius 2 is 1.92 bits per heavy atom. The van der Waals surface area contributed by atoms with Crippen molar-refractivity contribution in [2.24, 2.45) is 5.92 Å². The number of H-pyrrole nitrogens is 1. The van der Waals surface area contributed by atoms with E-state index in [1.165, 1.54) is 16.8 Å². The summed E-state index contributed by atoms with van der Waals surface area (Å²) in [7, 11) is 0.